The number of rotatable bonds is 0. The Labute approximate surface area is 60.7 Å². The summed E-state index contributed by atoms with van der Waals surface area (Å²) >= 11 is 5.70. The van der Waals surface area contributed by atoms with Gasteiger partial charge in [-0.25, -0.2) is 0 Å². The molecular formula is C5H4S3. The van der Waals surface area contributed by atoms with Crippen molar-refractivity contribution in [1.82, 2.24) is 0 Å². The first-order valence-electron chi connectivity index (χ1n) is 2.28. The van der Waals surface area contributed by atoms with Gasteiger partial charge in [-0.15, -0.1) is 23.5 Å². The zero-order chi connectivity index (χ0) is 5.40. The molecule has 0 aliphatic carbocycles. The molecule has 0 unspecified atom stereocenters. The number of thiophene rings is 1. The summed E-state index contributed by atoms with van der Waals surface area (Å²) in [5, 5.41) is 5.66. The quantitative estimate of drug-likeness (QED) is 0.572. The summed E-state index contributed by atoms with van der Waals surface area (Å²) in [6, 6.07) is 0. The van der Waals surface area contributed by atoms with Crippen molar-refractivity contribution in [2.45, 2.75) is 9.79 Å². The molecule has 0 bridgehead atoms. The van der Waals surface area contributed by atoms with Crippen LogP contribution in [0.1, 0.15) is 0 Å². The number of thioether (sulfide) groups is 2. The Morgan fingerprint density at radius 1 is 1.12 bits per heavy atom. The van der Waals surface area contributed by atoms with Crippen molar-refractivity contribution < 1.29 is 0 Å². The lowest BCUT2D eigenvalue weighted by Gasteiger charge is -1.76. The average molecular weight is 160 g/mol. The van der Waals surface area contributed by atoms with E-state index in [2.05, 4.69) is 10.8 Å². The van der Waals surface area contributed by atoms with Crippen LogP contribution in [-0.4, -0.2) is 5.08 Å². The minimum Gasteiger partial charge on any atom is -0.150 e. The van der Waals surface area contributed by atoms with Crippen molar-refractivity contribution in [1.29, 1.82) is 0 Å². The second kappa shape index (κ2) is 1.97. The molecule has 2 rings (SSSR count). The molecule has 42 valence electrons. The molecule has 0 saturated heterocycles. The Balaban J connectivity index is 2.54. The SMILES string of the molecule is c1scc2c1SCS2. The standard InChI is InChI=1S/C5H4S3/c1-4-5(2-6-1)8-3-7-4/h1-2H,3H2. The first-order chi connectivity index (χ1) is 3.97. The van der Waals surface area contributed by atoms with Gasteiger partial charge in [0, 0.05) is 25.6 Å². The lowest BCUT2D eigenvalue weighted by Crippen LogP contribution is -1.50. The lowest BCUT2D eigenvalue weighted by atomic mass is 10.7. The Hall–Kier alpha value is 0.400. The average Bonchev–Trinajstić information content (AvgIpc) is 2.15. The highest BCUT2D eigenvalue weighted by Crippen LogP contribution is 2.43. The third-order valence-corrected chi connectivity index (χ3v) is 4.43. The molecule has 1 aromatic rings. The predicted molar refractivity (Wildman–Crippen MR) is 40.9 cm³/mol. The summed E-state index contributed by atoms with van der Waals surface area (Å²) in [4.78, 5) is 2.97. The maximum absolute atomic E-state index is 2.22. The number of hydrogen-bond donors (Lipinski definition) is 0. The van der Waals surface area contributed by atoms with Crippen LogP contribution in [0.5, 0.6) is 0 Å². The Morgan fingerprint density at radius 3 is 2.38 bits per heavy atom. The first kappa shape index (κ1) is 5.21. The molecular weight excluding hydrogens is 156 g/mol. The van der Waals surface area contributed by atoms with Crippen LogP contribution >= 0.6 is 34.9 Å². The van der Waals surface area contributed by atoms with Gasteiger partial charge in [0.15, 0.2) is 0 Å². The van der Waals surface area contributed by atoms with Gasteiger partial charge in [-0.1, -0.05) is 0 Å². The van der Waals surface area contributed by atoms with Gasteiger partial charge in [0.1, 0.15) is 0 Å². The fourth-order valence-corrected chi connectivity index (χ4v) is 4.24. The zero-order valence-corrected chi connectivity index (χ0v) is 6.54. The second-order valence-electron chi connectivity index (χ2n) is 1.51. The van der Waals surface area contributed by atoms with Gasteiger partial charge in [-0.05, 0) is 0 Å². The topological polar surface area (TPSA) is 0 Å². The number of hydrogen-bond acceptors (Lipinski definition) is 3. The summed E-state index contributed by atoms with van der Waals surface area (Å²) in [7, 11) is 0. The third kappa shape index (κ3) is 0.694. The molecule has 8 heavy (non-hydrogen) atoms. The predicted octanol–water partition coefficient (Wildman–Crippen LogP) is 2.90. The molecule has 0 aromatic carbocycles. The molecule has 0 saturated carbocycles. The molecule has 2 heterocycles. The molecule has 1 aliphatic heterocycles. The van der Waals surface area contributed by atoms with Crippen LogP contribution in [0, 0.1) is 0 Å². The van der Waals surface area contributed by atoms with E-state index in [0.717, 1.165) is 0 Å². The molecule has 0 atom stereocenters. The van der Waals surface area contributed by atoms with Crippen LogP contribution in [0.3, 0.4) is 0 Å². The van der Waals surface area contributed by atoms with Crippen LogP contribution in [0.2, 0.25) is 0 Å². The molecule has 0 nitrogen and oxygen atoms in total. The maximum atomic E-state index is 2.22. The molecule has 0 amide bonds. The highest BCUT2D eigenvalue weighted by atomic mass is 32.2. The van der Waals surface area contributed by atoms with Crippen molar-refractivity contribution in [2.24, 2.45) is 0 Å². The van der Waals surface area contributed by atoms with E-state index in [0.29, 0.717) is 0 Å². The molecule has 1 aliphatic rings. The molecule has 0 fully saturated rings. The van der Waals surface area contributed by atoms with Crippen LogP contribution in [-0.2, 0) is 0 Å². The lowest BCUT2D eigenvalue weighted by molar-refractivity contribution is 1.36. The Kier molecular flexibility index (Phi) is 1.28. The van der Waals surface area contributed by atoms with Crippen molar-refractivity contribution in [3.05, 3.63) is 10.8 Å². The first-order valence-corrected chi connectivity index (χ1v) is 5.20. The summed E-state index contributed by atoms with van der Waals surface area (Å²) in [6.07, 6.45) is 0. The van der Waals surface area contributed by atoms with Crippen LogP contribution in [0.15, 0.2) is 20.6 Å². The molecule has 0 radical (unpaired) electrons. The minimum atomic E-state index is 1.22. The van der Waals surface area contributed by atoms with Crippen molar-refractivity contribution in [2.75, 3.05) is 5.08 Å². The van der Waals surface area contributed by atoms with E-state index in [9.17, 15) is 0 Å². The zero-order valence-electron chi connectivity index (χ0n) is 4.09. The van der Waals surface area contributed by atoms with E-state index in [1.54, 1.807) is 11.3 Å². The van der Waals surface area contributed by atoms with E-state index in [1.807, 2.05) is 23.5 Å². The summed E-state index contributed by atoms with van der Waals surface area (Å²) in [5.41, 5.74) is 0. The second-order valence-corrected chi connectivity index (χ2v) is 4.65. The fraction of sp³-hybridized carbons (Fsp3) is 0.200. The third-order valence-electron chi connectivity index (χ3n) is 1.02. The van der Waals surface area contributed by atoms with E-state index in [1.165, 1.54) is 14.9 Å². The van der Waals surface area contributed by atoms with E-state index >= 15 is 0 Å². The van der Waals surface area contributed by atoms with E-state index in [4.69, 9.17) is 0 Å². The highest BCUT2D eigenvalue weighted by Gasteiger charge is 2.10. The van der Waals surface area contributed by atoms with Gasteiger partial charge < -0.3 is 0 Å². The van der Waals surface area contributed by atoms with Crippen LogP contribution in [0.4, 0.5) is 0 Å². The van der Waals surface area contributed by atoms with Gasteiger partial charge in [-0.2, -0.15) is 11.3 Å². The van der Waals surface area contributed by atoms with Gasteiger partial charge in [-0.3, -0.25) is 0 Å². The summed E-state index contributed by atoms with van der Waals surface area (Å²) in [5.74, 6) is 0. The summed E-state index contributed by atoms with van der Waals surface area (Å²) in [6.45, 7) is 0. The Bertz CT molecular complexity index is 173. The van der Waals surface area contributed by atoms with Crippen molar-refractivity contribution in [3.63, 3.8) is 0 Å². The minimum absolute atomic E-state index is 1.22. The summed E-state index contributed by atoms with van der Waals surface area (Å²) < 4.78 is 0. The molecule has 3 heteroatoms. The van der Waals surface area contributed by atoms with Crippen LogP contribution in [0.25, 0.3) is 0 Å². The van der Waals surface area contributed by atoms with E-state index in [-0.39, 0.29) is 0 Å². The monoisotopic (exact) mass is 160 g/mol. The maximum Gasteiger partial charge on any atom is 0.0488 e. The van der Waals surface area contributed by atoms with Gasteiger partial charge in [0.05, 0.1) is 0 Å². The van der Waals surface area contributed by atoms with E-state index < -0.39 is 0 Å². The van der Waals surface area contributed by atoms with Crippen molar-refractivity contribution >= 4 is 34.9 Å². The molecule has 1 aromatic heterocycles. The van der Waals surface area contributed by atoms with Crippen molar-refractivity contribution in [3.8, 4) is 0 Å². The van der Waals surface area contributed by atoms with Gasteiger partial charge >= 0.3 is 0 Å². The fourth-order valence-electron chi connectivity index (χ4n) is 0.641. The Morgan fingerprint density at radius 2 is 1.75 bits per heavy atom. The highest BCUT2D eigenvalue weighted by molar-refractivity contribution is 8.18. The normalized spacial score (nSPS) is 16.5. The van der Waals surface area contributed by atoms with Crippen LogP contribution < -0.4 is 0 Å². The van der Waals surface area contributed by atoms with Gasteiger partial charge in [0.2, 0.25) is 0 Å². The van der Waals surface area contributed by atoms with Gasteiger partial charge in [0.25, 0.3) is 0 Å². The smallest absolute Gasteiger partial charge is 0.0488 e. The number of fused-ring (bicyclic) bond motifs is 1. The largest absolute Gasteiger partial charge is 0.150 e. The molecule has 0 spiro atoms. The molecule has 0 N–H and O–H groups in total.